The fraction of sp³-hybridized carbons (Fsp3) is 0.857. The number of carbonyl (C=O) groups excluding carboxylic acids is 1. The van der Waals surface area contributed by atoms with Crippen LogP contribution in [-0.2, 0) is 4.79 Å². The van der Waals surface area contributed by atoms with E-state index in [1.807, 2.05) is 6.92 Å². The van der Waals surface area contributed by atoms with Crippen LogP contribution < -0.4 is 10.6 Å². The molecule has 1 aliphatic rings. The third-order valence-electron chi connectivity index (χ3n) is 3.73. The van der Waals surface area contributed by atoms with Crippen molar-refractivity contribution in [2.24, 2.45) is 5.92 Å². The number of carbonyl (C=O) groups is 2. The second kappa shape index (κ2) is 8.77. The van der Waals surface area contributed by atoms with E-state index < -0.39 is 12.0 Å². The van der Waals surface area contributed by atoms with Crippen LogP contribution in [0.2, 0.25) is 0 Å². The molecule has 0 heterocycles. The molecule has 1 rings (SSSR count). The number of nitrogens with one attached hydrogen (secondary N) is 2. The van der Waals surface area contributed by atoms with Gasteiger partial charge in [0, 0.05) is 6.54 Å². The molecule has 0 bridgehead atoms. The van der Waals surface area contributed by atoms with E-state index in [1.165, 1.54) is 25.7 Å². The first-order valence-corrected chi connectivity index (χ1v) is 7.40. The lowest BCUT2D eigenvalue weighted by molar-refractivity contribution is -0.139. The quantitative estimate of drug-likeness (QED) is 0.593. The standard InChI is InChI=1S/C14H26N2O3/c1-2-6-12(13(17)18)16-14(19)15-10-5-9-11-7-3-4-8-11/h11-12H,2-10H2,1H3,(H,17,18)(H2,15,16,19)/t12-/m1/s1. The number of urea groups is 1. The molecule has 19 heavy (non-hydrogen) atoms. The minimum Gasteiger partial charge on any atom is -0.480 e. The zero-order valence-electron chi connectivity index (χ0n) is 11.8. The summed E-state index contributed by atoms with van der Waals surface area (Å²) < 4.78 is 0. The highest BCUT2D eigenvalue weighted by atomic mass is 16.4. The Hall–Kier alpha value is -1.26. The summed E-state index contributed by atoms with van der Waals surface area (Å²) in [6, 6.07) is -1.15. The zero-order valence-corrected chi connectivity index (χ0v) is 11.8. The second-order valence-corrected chi connectivity index (χ2v) is 5.37. The molecule has 3 N–H and O–H groups in total. The van der Waals surface area contributed by atoms with Gasteiger partial charge in [-0.3, -0.25) is 0 Å². The van der Waals surface area contributed by atoms with Crippen molar-refractivity contribution < 1.29 is 14.7 Å². The zero-order chi connectivity index (χ0) is 14.1. The van der Waals surface area contributed by atoms with E-state index >= 15 is 0 Å². The maximum atomic E-state index is 11.5. The van der Waals surface area contributed by atoms with E-state index in [0.717, 1.165) is 25.2 Å². The van der Waals surface area contributed by atoms with E-state index in [0.29, 0.717) is 13.0 Å². The Morgan fingerprint density at radius 2 is 2.00 bits per heavy atom. The van der Waals surface area contributed by atoms with Crippen molar-refractivity contribution in [2.45, 2.75) is 64.3 Å². The molecule has 0 aromatic rings. The van der Waals surface area contributed by atoms with Crippen molar-refractivity contribution in [2.75, 3.05) is 6.54 Å². The van der Waals surface area contributed by atoms with Crippen molar-refractivity contribution in [1.82, 2.24) is 10.6 Å². The van der Waals surface area contributed by atoms with Gasteiger partial charge in [0.25, 0.3) is 0 Å². The molecule has 110 valence electrons. The third-order valence-corrected chi connectivity index (χ3v) is 3.73. The summed E-state index contributed by atoms with van der Waals surface area (Å²) >= 11 is 0. The van der Waals surface area contributed by atoms with Crippen LogP contribution in [0.25, 0.3) is 0 Å². The van der Waals surface area contributed by atoms with Gasteiger partial charge in [0.15, 0.2) is 0 Å². The molecule has 0 aromatic heterocycles. The first-order valence-electron chi connectivity index (χ1n) is 7.40. The largest absolute Gasteiger partial charge is 0.480 e. The van der Waals surface area contributed by atoms with Crippen molar-refractivity contribution in [1.29, 1.82) is 0 Å². The molecule has 2 amide bonds. The number of amides is 2. The number of carboxylic acids is 1. The Balaban J connectivity index is 2.10. The van der Waals surface area contributed by atoms with Crippen LogP contribution in [0.1, 0.15) is 58.3 Å². The van der Waals surface area contributed by atoms with Crippen molar-refractivity contribution >= 4 is 12.0 Å². The first kappa shape index (κ1) is 15.8. The van der Waals surface area contributed by atoms with Crippen LogP contribution in [0.15, 0.2) is 0 Å². The highest BCUT2D eigenvalue weighted by molar-refractivity contribution is 5.82. The molecule has 0 saturated heterocycles. The number of carboxylic acid groups (broad SMARTS) is 1. The van der Waals surface area contributed by atoms with Gasteiger partial charge in [-0.25, -0.2) is 9.59 Å². The predicted molar refractivity (Wildman–Crippen MR) is 74.1 cm³/mol. The van der Waals surface area contributed by atoms with Gasteiger partial charge in [0.05, 0.1) is 0 Å². The van der Waals surface area contributed by atoms with E-state index in [1.54, 1.807) is 0 Å². The second-order valence-electron chi connectivity index (χ2n) is 5.37. The molecule has 1 aliphatic carbocycles. The molecule has 0 aromatic carbocycles. The fourth-order valence-electron chi connectivity index (χ4n) is 2.65. The summed E-state index contributed by atoms with van der Waals surface area (Å²) in [5, 5.41) is 14.2. The molecule has 0 aliphatic heterocycles. The average molecular weight is 270 g/mol. The third kappa shape index (κ3) is 6.45. The maximum Gasteiger partial charge on any atom is 0.326 e. The molecule has 0 unspecified atom stereocenters. The van der Waals surface area contributed by atoms with Crippen LogP contribution in [0, 0.1) is 5.92 Å². The summed E-state index contributed by atoms with van der Waals surface area (Å²) in [6.45, 7) is 2.53. The van der Waals surface area contributed by atoms with Crippen LogP contribution in [0.4, 0.5) is 4.79 Å². The van der Waals surface area contributed by atoms with Crippen LogP contribution in [0.3, 0.4) is 0 Å². The first-order chi connectivity index (χ1) is 9.13. The van der Waals surface area contributed by atoms with Gasteiger partial charge < -0.3 is 15.7 Å². The molecule has 0 radical (unpaired) electrons. The van der Waals surface area contributed by atoms with Gasteiger partial charge in [-0.2, -0.15) is 0 Å². The minimum atomic E-state index is -0.969. The van der Waals surface area contributed by atoms with E-state index in [4.69, 9.17) is 5.11 Å². The molecule has 5 heteroatoms. The van der Waals surface area contributed by atoms with Crippen molar-refractivity contribution in [3.05, 3.63) is 0 Å². The fourth-order valence-corrected chi connectivity index (χ4v) is 2.65. The van der Waals surface area contributed by atoms with Crippen LogP contribution >= 0.6 is 0 Å². The van der Waals surface area contributed by atoms with Gasteiger partial charge >= 0.3 is 12.0 Å². The van der Waals surface area contributed by atoms with Crippen LogP contribution in [-0.4, -0.2) is 29.7 Å². The lowest BCUT2D eigenvalue weighted by Gasteiger charge is -2.14. The lowest BCUT2D eigenvalue weighted by atomic mass is 10.0. The summed E-state index contributed by atoms with van der Waals surface area (Å²) in [7, 11) is 0. The average Bonchev–Trinajstić information content (AvgIpc) is 2.87. The molecular formula is C14H26N2O3. The topological polar surface area (TPSA) is 78.4 Å². The summed E-state index contributed by atoms with van der Waals surface area (Å²) in [5.74, 6) is -0.139. The van der Waals surface area contributed by atoms with E-state index in [2.05, 4.69) is 10.6 Å². The number of hydrogen-bond acceptors (Lipinski definition) is 2. The Kier molecular flexibility index (Phi) is 7.30. The summed E-state index contributed by atoms with van der Waals surface area (Å²) in [6.07, 6.45) is 8.67. The van der Waals surface area contributed by atoms with Gasteiger partial charge in [-0.05, 0) is 25.2 Å². The van der Waals surface area contributed by atoms with Crippen LogP contribution in [0.5, 0.6) is 0 Å². The Labute approximate surface area is 115 Å². The van der Waals surface area contributed by atoms with E-state index in [9.17, 15) is 9.59 Å². The lowest BCUT2D eigenvalue weighted by Crippen LogP contribution is -2.46. The number of rotatable bonds is 8. The smallest absolute Gasteiger partial charge is 0.326 e. The molecule has 1 fully saturated rings. The predicted octanol–water partition coefficient (Wildman–Crippen LogP) is 2.51. The van der Waals surface area contributed by atoms with Gasteiger partial charge in [-0.15, -0.1) is 0 Å². The normalized spacial score (nSPS) is 17.1. The maximum absolute atomic E-state index is 11.5. The van der Waals surface area contributed by atoms with Gasteiger partial charge in [-0.1, -0.05) is 39.0 Å². The van der Waals surface area contributed by atoms with Gasteiger partial charge in [0.1, 0.15) is 6.04 Å². The Bertz CT molecular complexity index is 288. The molecule has 1 atom stereocenters. The van der Waals surface area contributed by atoms with Crippen molar-refractivity contribution in [3.8, 4) is 0 Å². The number of aliphatic carboxylic acids is 1. The van der Waals surface area contributed by atoms with Gasteiger partial charge in [0.2, 0.25) is 0 Å². The molecule has 0 spiro atoms. The summed E-state index contributed by atoms with van der Waals surface area (Å²) in [4.78, 5) is 22.4. The van der Waals surface area contributed by atoms with Crippen molar-refractivity contribution in [3.63, 3.8) is 0 Å². The SMILES string of the molecule is CCC[C@@H](NC(=O)NCCCC1CCCC1)C(=O)O. The highest BCUT2D eigenvalue weighted by Gasteiger charge is 2.18. The molecule has 5 nitrogen and oxygen atoms in total. The highest BCUT2D eigenvalue weighted by Crippen LogP contribution is 2.28. The molecular weight excluding hydrogens is 244 g/mol. The monoisotopic (exact) mass is 270 g/mol. The minimum absolute atomic E-state index is 0.368. The number of hydrogen-bond donors (Lipinski definition) is 3. The van der Waals surface area contributed by atoms with E-state index in [-0.39, 0.29) is 6.03 Å². The summed E-state index contributed by atoms with van der Waals surface area (Å²) in [5.41, 5.74) is 0. The molecule has 1 saturated carbocycles. The Morgan fingerprint density at radius 3 is 2.58 bits per heavy atom. The Morgan fingerprint density at radius 1 is 1.32 bits per heavy atom.